The van der Waals surface area contributed by atoms with E-state index < -0.39 is 11.7 Å². The molecule has 1 aromatic carbocycles. The van der Waals surface area contributed by atoms with E-state index in [4.69, 9.17) is 0 Å². The van der Waals surface area contributed by atoms with E-state index in [-0.39, 0.29) is 6.04 Å². The molecule has 0 amide bonds. The average molecular weight is 322 g/mol. The van der Waals surface area contributed by atoms with Gasteiger partial charge in [0, 0.05) is 23.6 Å². The number of para-hydroxylation sites is 1. The minimum absolute atomic E-state index is 0.133. The van der Waals surface area contributed by atoms with Gasteiger partial charge in [-0.05, 0) is 24.5 Å². The summed E-state index contributed by atoms with van der Waals surface area (Å²) in [5, 5.41) is 0.695. The maximum atomic E-state index is 13.0. The lowest BCUT2D eigenvalue weighted by molar-refractivity contribution is -0.137. The topological polar surface area (TPSA) is 3.24 Å². The summed E-state index contributed by atoms with van der Waals surface area (Å²) in [5.74, 6) is 0.408. The number of anilines is 1. The lowest BCUT2D eigenvalue weighted by Gasteiger charge is -2.29. The molecule has 0 spiro atoms. The van der Waals surface area contributed by atoms with Gasteiger partial charge in [0.1, 0.15) is 0 Å². The molecule has 1 aliphatic heterocycles. The average Bonchev–Trinajstić information content (AvgIpc) is 2.69. The van der Waals surface area contributed by atoms with Crippen molar-refractivity contribution in [3.8, 4) is 0 Å². The molecule has 1 heterocycles. The molecular formula is C13H15BrF3N. The van der Waals surface area contributed by atoms with E-state index in [1.54, 1.807) is 12.1 Å². The molecule has 0 N–H and O–H groups in total. The third-order valence-corrected chi connectivity index (χ3v) is 4.22. The van der Waals surface area contributed by atoms with Crippen molar-refractivity contribution in [3.63, 3.8) is 0 Å². The van der Waals surface area contributed by atoms with E-state index in [9.17, 15) is 13.2 Å². The Balaban J connectivity index is 2.39. The number of nitrogens with zero attached hydrogens (tertiary/aromatic N) is 1. The molecule has 0 aliphatic carbocycles. The summed E-state index contributed by atoms with van der Waals surface area (Å²) in [6.45, 7) is 2.77. The van der Waals surface area contributed by atoms with Gasteiger partial charge in [0.2, 0.25) is 0 Å². The van der Waals surface area contributed by atoms with Crippen molar-refractivity contribution in [1.82, 2.24) is 0 Å². The minimum Gasteiger partial charge on any atom is -0.367 e. The van der Waals surface area contributed by atoms with Gasteiger partial charge in [0.05, 0.1) is 5.56 Å². The maximum Gasteiger partial charge on any atom is 0.418 e. The Morgan fingerprint density at radius 2 is 2.00 bits per heavy atom. The normalized spacial score (nSPS) is 24.6. The summed E-state index contributed by atoms with van der Waals surface area (Å²) in [5.41, 5.74) is -0.233. The van der Waals surface area contributed by atoms with Gasteiger partial charge in [0.25, 0.3) is 0 Å². The summed E-state index contributed by atoms with van der Waals surface area (Å²) in [4.78, 5) is 1.88. The van der Waals surface area contributed by atoms with Crippen LogP contribution >= 0.6 is 15.9 Å². The molecule has 0 saturated carbocycles. The Kier molecular flexibility index (Phi) is 3.90. The number of halogens is 4. The summed E-state index contributed by atoms with van der Waals surface area (Å²) < 4.78 is 39.0. The molecule has 1 nitrogen and oxygen atoms in total. The predicted molar refractivity (Wildman–Crippen MR) is 70.2 cm³/mol. The third-order valence-electron chi connectivity index (χ3n) is 3.56. The molecular weight excluding hydrogens is 307 g/mol. The molecule has 18 heavy (non-hydrogen) atoms. The lowest BCUT2D eigenvalue weighted by Crippen LogP contribution is -2.34. The summed E-state index contributed by atoms with van der Waals surface area (Å²) >= 11 is 3.41. The van der Waals surface area contributed by atoms with Crippen molar-refractivity contribution < 1.29 is 13.2 Å². The van der Waals surface area contributed by atoms with Crippen molar-refractivity contribution in [3.05, 3.63) is 29.8 Å². The highest BCUT2D eigenvalue weighted by Crippen LogP contribution is 2.40. The van der Waals surface area contributed by atoms with Gasteiger partial charge in [-0.25, -0.2) is 0 Å². The summed E-state index contributed by atoms with van der Waals surface area (Å²) in [6.07, 6.45) is -3.36. The van der Waals surface area contributed by atoms with Gasteiger partial charge in [0.15, 0.2) is 0 Å². The summed E-state index contributed by atoms with van der Waals surface area (Å²) in [7, 11) is 0. The van der Waals surface area contributed by atoms with Gasteiger partial charge in [-0.1, -0.05) is 35.0 Å². The molecule has 2 unspecified atom stereocenters. The monoisotopic (exact) mass is 321 g/mol. The van der Waals surface area contributed by atoms with Crippen molar-refractivity contribution in [2.45, 2.75) is 25.6 Å². The second-order valence-corrected chi connectivity index (χ2v) is 5.34. The fourth-order valence-electron chi connectivity index (χ4n) is 2.51. The molecule has 0 bridgehead atoms. The molecule has 100 valence electrons. The molecule has 0 aromatic heterocycles. The molecule has 1 aliphatic rings. The Bertz CT molecular complexity index is 419. The fraction of sp³-hybridized carbons (Fsp3) is 0.538. The molecule has 2 rings (SSSR count). The van der Waals surface area contributed by atoms with Crippen LogP contribution in [0.5, 0.6) is 0 Å². The molecule has 0 radical (unpaired) electrons. The van der Waals surface area contributed by atoms with Crippen LogP contribution in [-0.2, 0) is 6.18 Å². The second-order valence-electron chi connectivity index (χ2n) is 4.70. The number of hydrogen-bond donors (Lipinski definition) is 0. The molecule has 1 aromatic rings. The summed E-state index contributed by atoms with van der Waals surface area (Å²) in [6, 6.07) is 5.96. The van der Waals surface area contributed by atoms with E-state index in [1.165, 1.54) is 6.07 Å². The van der Waals surface area contributed by atoms with Crippen molar-refractivity contribution >= 4 is 21.6 Å². The van der Waals surface area contributed by atoms with Crippen LogP contribution in [0.4, 0.5) is 18.9 Å². The first-order chi connectivity index (χ1) is 8.45. The zero-order valence-electron chi connectivity index (χ0n) is 10.0. The molecule has 1 fully saturated rings. The number of rotatable bonds is 2. The van der Waals surface area contributed by atoms with Crippen LogP contribution in [0, 0.1) is 5.92 Å². The van der Waals surface area contributed by atoms with Crippen LogP contribution in [0.15, 0.2) is 24.3 Å². The first-order valence-electron chi connectivity index (χ1n) is 5.94. The van der Waals surface area contributed by atoms with Crippen LogP contribution in [0.2, 0.25) is 0 Å². The lowest BCUT2D eigenvalue weighted by atomic mass is 10.0. The van der Waals surface area contributed by atoms with Gasteiger partial charge >= 0.3 is 6.18 Å². The van der Waals surface area contributed by atoms with Crippen LogP contribution in [0.3, 0.4) is 0 Å². The largest absolute Gasteiger partial charge is 0.418 e. The van der Waals surface area contributed by atoms with E-state index >= 15 is 0 Å². The Morgan fingerprint density at radius 1 is 1.33 bits per heavy atom. The minimum atomic E-state index is -4.29. The Morgan fingerprint density at radius 3 is 2.61 bits per heavy atom. The quantitative estimate of drug-likeness (QED) is 0.733. The van der Waals surface area contributed by atoms with Crippen LogP contribution in [-0.4, -0.2) is 17.9 Å². The van der Waals surface area contributed by atoms with Crippen molar-refractivity contribution in [2.75, 3.05) is 16.8 Å². The van der Waals surface area contributed by atoms with Crippen molar-refractivity contribution in [1.29, 1.82) is 0 Å². The number of alkyl halides is 4. The van der Waals surface area contributed by atoms with E-state index in [0.29, 0.717) is 23.5 Å². The zero-order valence-corrected chi connectivity index (χ0v) is 11.6. The van der Waals surface area contributed by atoms with Crippen LogP contribution < -0.4 is 4.90 Å². The zero-order chi connectivity index (χ0) is 13.3. The molecule has 2 atom stereocenters. The first-order valence-corrected chi connectivity index (χ1v) is 7.06. The Labute approximate surface area is 113 Å². The van der Waals surface area contributed by atoms with E-state index in [1.807, 2.05) is 4.90 Å². The first kappa shape index (κ1) is 13.7. The van der Waals surface area contributed by atoms with Crippen molar-refractivity contribution in [2.24, 2.45) is 5.92 Å². The van der Waals surface area contributed by atoms with E-state index in [0.717, 1.165) is 12.5 Å². The predicted octanol–water partition coefficient (Wildman–Crippen LogP) is 4.32. The van der Waals surface area contributed by atoms with Gasteiger partial charge in [-0.2, -0.15) is 13.2 Å². The highest BCUT2D eigenvalue weighted by molar-refractivity contribution is 9.09. The highest BCUT2D eigenvalue weighted by atomic mass is 79.9. The molecule has 5 heteroatoms. The maximum absolute atomic E-state index is 13.0. The van der Waals surface area contributed by atoms with Crippen LogP contribution in [0.25, 0.3) is 0 Å². The Hall–Kier alpha value is -0.710. The third kappa shape index (κ3) is 2.51. The second kappa shape index (κ2) is 5.11. The smallest absolute Gasteiger partial charge is 0.367 e. The number of benzene rings is 1. The number of hydrogen-bond acceptors (Lipinski definition) is 1. The SMILES string of the molecule is CC1CCN(c2ccccc2C(F)(F)F)C1CBr. The fourth-order valence-corrected chi connectivity index (χ4v) is 3.49. The standard InChI is InChI=1S/C13H15BrF3N/c1-9-6-7-18(12(9)8-14)11-5-3-2-4-10(11)13(15,16)17/h2-5,9,12H,6-8H2,1H3. The van der Waals surface area contributed by atoms with Crippen LogP contribution in [0.1, 0.15) is 18.9 Å². The highest BCUT2D eigenvalue weighted by Gasteiger charge is 2.38. The van der Waals surface area contributed by atoms with Gasteiger partial charge < -0.3 is 4.90 Å². The molecule has 1 saturated heterocycles. The van der Waals surface area contributed by atoms with Gasteiger partial charge in [-0.3, -0.25) is 0 Å². The van der Waals surface area contributed by atoms with Gasteiger partial charge in [-0.15, -0.1) is 0 Å². The van der Waals surface area contributed by atoms with E-state index in [2.05, 4.69) is 22.9 Å².